The van der Waals surface area contributed by atoms with E-state index < -0.39 is 0 Å². The standard InChI is InChI=1S/C21H28F2N6/c1-24-21(26-13-19(28(2)3)15-6-4-7-16(22)12-15)27-17-9-11-29(14-17)20-18(23)8-5-10-25-20/h4-8,10,12,17,19H,9,11,13-14H2,1-3H3,(H2,24,26,27). The molecule has 3 rings (SSSR count). The Morgan fingerprint density at radius 2 is 2.14 bits per heavy atom. The van der Waals surface area contributed by atoms with Gasteiger partial charge in [-0.15, -0.1) is 0 Å². The third kappa shape index (κ3) is 5.41. The zero-order valence-corrected chi connectivity index (χ0v) is 17.1. The Balaban J connectivity index is 1.57. The van der Waals surface area contributed by atoms with Gasteiger partial charge in [-0.25, -0.2) is 13.8 Å². The van der Waals surface area contributed by atoms with Gasteiger partial charge in [0.2, 0.25) is 0 Å². The van der Waals surface area contributed by atoms with Gasteiger partial charge in [0.15, 0.2) is 17.6 Å². The van der Waals surface area contributed by atoms with Gasteiger partial charge < -0.3 is 20.4 Å². The van der Waals surface area contributed by atoms with Gasteiger partial charge in [0.25, 0.3) is 0 Å². The van der Waals surface area contributed by atoms with Crippen molar-refractivity contribution in [2.24, 2.45) is 4.99 Å². The van der Waals surface area contributed by atoms with Crippen molar-refractivity contribution >= 4 is 11.8 Å². The number of nitrogens with zero attached hydrogens (tertiary/aromatic N) is 4. The molecule has 2 N–H and O–H groups in total. The number of rotatable bonds is 6. The van der Waals surface area contributed by atoms with Crippen LogP contribution in [-0.2, 0) is 0 Å². The van der Waals surface area contributed by atoms with E-state index in [4.69, 9.17) is 0 Å². The fourth-order valence-electron chi connectivity index (χ4n) is 3.57. The zero-order chi connectivity index (χ0) is 20.8. The molecular weight excluding hydrogens is 374 g/mol. The number of anilines is 1. The molecule has 0 radical (unpaired) electrons. The Kier molecular flexibility index (Phi) is 6.98. The molecule has 1 fully saturated rings. The molecule has 156 valence electrons. The first-order chi connectivity index (χ1) is 14.0. The Morgan fingerprint density at radius 3 is 2.83 bits per heavy atom. The largest absolute Gasteiger partial charge is 0.354 e. The number of hydrogen-bond acceptors (Lipinski definition) is 4. The van der Waals surface area contributed by atoms with Gasteiger partial charge in [-0.05, 0) is 50.3 Å². The lowest BCUT2D eigenvalue weighted by Crippen LogP contribution is -2.46. The molecule has 2 unspecified atom stereocenters. The van der Waals surface area contributed by atoms with E-state index in [1.165, 1.54) is 12.1 Å². The van der Waals surface area contributed by atoms with E-state index in [-0.39, 0.29) is 23.7 Å². The van der Waals surface area contributed by atoms with Crippen molar-refractivity contribution in [2.75, 3.05) is 45.7 Å². The molecule has 0 saturated carbocycles. The molecule has 1 aromatic heterocycles. The smallest absolute Gasteiger partial charge is 0.191 e. The maximum absolute atomic E-state index is 14.0. The predicted octanol–water partition coefficient (Wildman–Crippen LogP) is 2.41. The van der Waals surface area contributed by atoms with Crippen molar-refractivity contribution in [1.82, 2.24) is 20.5 Å². The minimum atomic E-state index is -0.306. The van der Waals surface area contributed by atoms with E-state index in [0.717, 1.165) is 18.5 Å². The van der Waals surface area contributed by atoms with Crippen LogP contribution in [0, 0.1) is 11.6 Å². The first-order valence-corrected chi connectivity index (χ1v) is 9.72. The molecule has 0 spiro atoms. The molecule has 1 saturated heterocycles. The van der Waals surface area contributed by atoms with E-state index >= 15 is 0 Å². The summed E-state index contributed by atoms with van der Waals surface area (Å²) in [4.78, 5) is 12.4. The average Bonchev–Trinajstić information content (AvgIpc) is 3.15. The van der Waals surface area contributed by atoms with E-state index in [0.29, 0.717) is 24.9 Å². The van der Waals surface area contributed by atoms with Crippen LogP contribution in [0.15, 0.2) is 47.6 Å². The summed E-state index contributed by atoms with van der Waals surface area (Å²) in [7, 11) is 5.64. The van der Waals surface area contributed by atoms with Crippen LogP contribution in [0.25, 0.3) is 0 Å². The second-order valence-electron chi connectivity index (χ2n) is 7.37. The van der Waals surface area contributed by atoms with E-state index in [1.54, 1.807) is 31.4 Å². The number of guanidine groups is 1. The Bertz CT molecular complexity index is 841. The first kappa shape index (κ1) is 21.0. The Morgan fingerprint density at radius 1 is 1.31 bits per heavy atom. The number of hydrogen-bond donors (Lipinski definition) is 2. The minimum absolute atomic E-state index is 0.00746. The third-order valence-electron chi connectivity index (χ3n) is 5.11. The van der Waals surface area contributed by atoms with Crippen LogP contribution in [-0.4, -0.2) is 62.7 Å². The zero-order valence-electron chi connectivity index (χ0n) is 17.1. The number of aromatic nitrogens is 1. The lowest BCUT2D eigenvalue weighted by molar-refractivity contribution is 0.297. The molecule has 1 aliphatic heterocycles. The van der Waals surface area contributed by atoms with Crippen molar-refractivity contribution < 1.29 is 8.78 Å². The van der Waals surface area contributed by atoms with Crippen LogP contribution in [0.3, 0.4) is 0 Å². The summed E-state index contributed by atoms with van der Waals surface area (Å²) in [5.74, 6) is 0.504. The van der Waals surface area contributed by atoms with Crippen molar-refractivity contribution in [3.63, 3.8) is 0 Å². The van der Waals surface area contributed by atoms with Gasteiger partial charge in [-0.2, -0.15) is 0 Å². The number of nitrogens with one attached hydrogen (secondary N) is 2. The number of likely N-dealkylation sites (N-methyl/N-ethyl adjacent to an activating group) is 1. The number of aliphatic imine (C=N–C) groups is 1. The fourth-order valence-corrected chi connectivity index (χ4v) is 3.57. The molecule has 29 heavy (non-hydrogen) atoms. The lowest BCUT2D eigenvalue weighted by atomic mass is 10.1. The molecule has 1 aromatic carbocycles. The molecule has 8 heteroatoms. The van der Waals surface area contributed by atoms with Crippen molar-refractivity contribution in [2.45, 2.75) is 18.5 Å². The molecule has 2 aromatic rings. The van der Waals surface area contributed by atoms with Crippen LogP contribution in [0.1, 0.15) is 18.0 Å². The van der Waals surface area contributed by atoms with Crippen LogP contribution >= 0.6 is 0 Å². The topological polar surface area (TPSA) is 55.8 Å². The Labute approximate surface area is 170 Å². The number of benzene rings is 1. The summed E-state index contributed by atoms with van der Waals surface area (Å²) >= 11 is 0. The van der Waals surface area contributed by atoms with Crippen molar-refractivity contribution in [1.29, 1.82) is 0 Å². The second kappa shape index (κ2) is 9.65. The minimum Gasteiger partial charge on any atom is -0.354 e. The highest BCUT2D eigenvalue weighted by atomic mass is 19.1. The highest BCUT2D eigenvalue weighted by molar-refractivity contribution is 5.80. The van der Waals surface area contributed by atoms with Crippen LogP contribution in [0.5, 0.6) is 0 Å². The van der Waals surface area contributed by atoms with Gasteiger partial charge in [0.05, 0.1) is 6.04 Å². The summed E-state index contributed by atoms with van der Waals surface area (Å²) in [5, 5.41) is 6.72. The highest BCUT2D eigenvalue weighted by Gasteiger charge is 2.26. The van der Waals surface area contributed by atoms with Crippen LogP contribution < -0.4 is 15.5 Å². The number of pyridine rings is 1. The van der Waals surface area contributed by atoms with Gasteiger partial charge in [-0.3, -0.25) is 4.99 Å². The predicted molar refractivity (Wildman–Crippen MR) is 112 cm³/mol. The first-order valence-electron chi connectivity index (χ1n) is 9.72. The van der Waals surface area contributed by atoms with Gasteiger partial charge in [0, 0.05) is 38.9 Å². The van der Waals surface area contributed by atoms with Crippen molar-refractivity contribution in [3.05, 3.63) is 59.8 Å². The molecule has 1 aliphatic rings. The second-order valence-corrected chi connectivity index (χ2v) is 7.37. The monoisotopic (exact) mass is 402 g/mol. The Hall–Kier alpha value is -2.74. The van der Waals surface area contributed by atoms with E-state index in [2.05, 4.69) is 20.6 Å². The normalized spacial score (nSPS) is 18.2. The average molecular weight is 402 g/mol. The maximum atomic E-state index is 14.0. The molecule has 0 bridgehead atoms. The molecule has 2 atom stereocenters. The summed E-state index contributed by atoms with van der Waals surface area (Å²) in [6.07, 6.45) is 2.46. The maximum Gasteiger partial charge on any atom is 0.191 e. The summed E-state index contributed by atoms with van der Waals surface area (Å²) in [6, 6.07) is 9.79. The molecular formula is C21H28F2N6. The van der Waals surface area contributed by atoms with Gasteiger partial charge in [0.1, 0.15) is 5.82 Å². The molecule has 6 nitrogen and oxygen atoms in total. The van der Waals surface area contributed by atoms with Crippen LogP contribution in [0.2, 0.25) is 0 Å². The quantitative estimate of drug-likeness (QED) is 0.574. The van der Waals surface area contributed by atoms with E-state index in [9.17, 15) is 8.78 Å². The summed E-state index contributed by atoms with van der Waals surface area (Å²) in [6.45, 7) is 1.95. The fraction of sp³-hybridized carbons (Fsp3) is 0.429. The van der Waals surface area contributed by atoms with Gasteiger partial charge >= 0.3 is 0 Å². The SMILES string of the molecule is CN=C(NCC(c1cccc(F)c1)N(C)C)NC1CCN(c2ncccc2F)C1. The third-order valence-corrected chi connectivity index (χ3v) is 5.11. The highest BCUT2D eigenvalue weighted by Crippen LogP contribution is 2.21. The molecule has 0 amide bonds. The van der Waals surface area contributed by atoms with Crippen molar-refractivity contribution in [3.8, 4) is 0 Å². The number of halogens is 2. The summed E-state index contributed by atoms with van der Waals surface area (Å²) in [5.41, 5.74) is 0.899. The summed E-state index contributed by atoms with van der Waals surface area (Å²) < 4.78 is 27.6. The van der Waals surface area contributed by atoms with E-state index in [1.807, 2.05) is 30.0 Å². The molecule has 0 aliphatic carbocycles. The van der Waals surface area contributed by atoms with Crippen LogP contribution in [0.4, 0.5) is 14.6 Å². The lowest BCUT2D eigenvalue weighted by Gasteiger charge is -2.27. The van der Waals surface area contributed by atoms with Gasteiger partial charge in [-0.1, -0.05) is 12.1 Å². The molecule has 2 heterocycles.